The minimum atomic E-state index is -0.354. The third-order valence-corrected chi connectivity index (χ3v) is 5.31. The highest BCUT2D eigenvalue weighted by molar-refractivity contribution is 5.85. The number of anilines is 1. The van der Waals surface area contributed by atoms with Gasteiger partial charge in [0.15, 0.2) is 0 Å². The maximum Gasteiger partial charge on any atom is 0.263 e. The molecule has 4 rings (SSSR count). The summed E-state index contributed by atoms with van der Waals surface area (Å²) in [6, 6.07) is 20.0. The smallest absolute Gasteiger partial charge is 0.263 e. The SMILES string of the molecule is CC(C)N.CC(CNc1nc(-c2ccncc2)c(-c2ccc(F)cc2)c(=O)n1C)c1ccccc1.Cl. The largest absolute Gasteiger partial charge is 0.355 e. The first kappa shape index (κ1) is 28.7. The van der Waals surface area contributed by atoms with Crippen molar-refractivity contribution in [2.75, 3.05) is 11.9 Å². The predicted octanol–water partition coefficient (Wildman–Crippen LogP) is 5.64. The number of hydrogen-bond donors (Lipinski definition) is 2. The highest BCUT2D eigenvalue weighted by Crippen LogP contribution is 2.29. The van der Waals surface area contributed by atoms with E-state index in [0.29, 0.717) is 35.4 Å². The molecule has 1 unspecified atom stereocenters. The van der Waals surface area contributed by atoms with Crippen LogP contribution in [-0.2, 0) is 7.05 Å². The summed E-state index contributed by atoms with van der Waals surface area (Å²) in [5.41, 5.74) is 8.46. The van der Waals surface area contributed by atoms with E-state index < -0.39 is 0 Å². The molecule has 0 spiro atoms. The van der Waals surface area contributed by atoms with Gasteiger partial charge in [0.25, 0.3) is 5.56 Å². The van der Waals surface area contributed by atoms with E-state index in [-0.39, 0.29) is 29.7 Å². The molecule has 0 bridgehead atoms. The van der Waals surface area contributed by atoms with Crippen LogP contribution < -0.4 is 16.6 Å². The Morgan fingerprint density at radius 3 is 2.11 bits per heavy atom. The molecule has 36 heavy (non-hydrogen) atoms. The van der Waals surface area contributed by atoms with Crippen LogP contribution in [0.1, 0.15) is 32.3 Å². The van der Waals surface area contributed by atoms with Crippen LogP contribution in [0, 0.1) is 5.82 Å². The number of nitrogens with zero attached hydrogens (tertiary/aromatic N) is 3. The molecule has 0 radical (unpaired) electrons. The van der Waals surface area contributed by atoms with Gasteiger partial charge in [0.2, 0.25) is 5.95 Å². The summed E-state index contributed by atoms with van der Waals surface area (Å²) < 4.78 is 15.0. The van der Waals surface area contributed by atoms with Gasteiger partial charge in [0.1, 0.15) is 5.82 Å². The van der Waals surface area contributed by atoms with Crippen molar-refractivity contribution < 1.29 is 4.39 Å². The lowest BCUT2D eigenvalue weighted by molar-refractivity contribution is 0.628. The third kappa shape index (κ3) is 7.47. The van der Waals surface area contributed by atoms with E-state index >= 15 is 0 Å². The fraction of sp³-hybridized carbons (Fsp3) is 0.250. The molecule has 0 saturated heterocycles. The summed E-state index contributed by atoms with van der Waals surface area (Å²) in [4.78, 5) is 22.2. The molecule has 0 amide bonds. The maximum atomic E-state index is 13.5. The predicted molar refractivity (Wildman–Crippen MR) is 148 cm³/mol. The lowest BCUT2D eigenvalue weighted by Gasteiger charge is -2.18. The van der Waals surface area contributed by atoms with Gasteiger partial charge in [-0.2, -0.15) is 0 Å². The van der Waals surface area contributed by atoms with Crippen LogP contribution in [0.4, 0.5) is 10.3 Å². The zero-order valence-electron chi connectivity index (χ0n) is 21.0. The van der Waals surface area contributed by atoms with Crippen molar-refractivity contribution >= 4 is 18.4 Å². The van der Waals surface area contributed by atoms with E-state index in [1.165, 1.54) is 22.3 Å². The van der Waals surface area contributed by atoms with Gasteiger partial charge in [-0.25, -0.2) is 9.37 Å². The molecule has 3 N–H and O–H groups in total. The Morgan fingerprint density at radius 1 is 0.944 bits per heavy atom. The molecule has 8 heteroatoms. The van der Waals surface area contributed by atoms with Gasteiger partial charge in [-0.05, 0) is 47.4 Å². The van der Waals surface area contributed by atoms with Crippen LogP contribution >= 0.6 is 12.4 Å². The monoisotopic (exact) mass is 509 g/mol. The number of nitrogens with one attached hydrogen (secondary N) is 1. The van der Waals surface area contributed by atoms with Gasteiger partial charge in [-0.1, -0.05) is 63.2 Å². The fourth-order valence-electron chi connectivity index (χ4n) is 3.50. The molecule has 2 heterocycles. The molecular formula is C28H33ClFN5O. The first-order valence-corrected chi connectivity index (χ1v) is 11.6. The number of rotatable bonds is 6. The molecule has 0 aliphatic carbocycles. The molecule has 6 nitrogen and oxygen atoms in total. The lowest BCUT2D eigenvalue weighted by Crippen LogP contribution is -2.26. The topological polar surface area (TPSA) is 85.8 Å². The van der Waals surface area contributed by atoms with Gasteiger partial charge >= 0.3 is 0 Å². The van der Waals surface area contributed by atoms with Gasteiger partial charge in [0, 0.05) is 31.5 Å². The number of benzene rings is 2. The van der Waals surface area contributed by atoms with Gasteiger partial charge < -0.3 is 11.1 Å². The van der Waals surface area contributed by atoms with Gasteiger partial charge in [-0.3, -0.25) is 14.3 Å². The van der Waals surface area contributed by atoms with E-state index in [1.807, 2.05) is 44.2 Å². The molecule has 0 saturated carbocycles. The third-order valence-electron chi connectivity index (χ3n) is 5.31. The molecule has 0 fully saturated rings. The summed E-state index contributed by atoms with van der Waals surface area (Å²) in [6.07, 6.45) is 3.32. The Bertz CT molecular complexity index is 1280. The van der Waals surface area contributed by atoms with Gasteiger partial charge in [-0.15, -0.1) is 12.4 Å². The van der Waals surface area contributed by atoms with Crippen LogP contribution in [0.2, 0.25) is 0 Å². The standard InChI is InChI=1S/C25H23FN4O.C3H9N.ClH/c1-17(18-6-4-3-5-7-18)16-28-25-29-23(20-12-14-27-15-13-20)22(24(31)30(25)2)19-8-10-21(26)11-9-19;1-3(2)4;/h3-15,17H,16H2,1-2H3,(H,28,29);3H,4H2,1-2H3;1H. The summed E-state index contributed by atoms with van der Waals surface area (Å²) >= 11 is 0. The minimum absolute atomic E-state index is 0. The molecule has 0 aliphatic rings. The van der Waals surface area contributed by atoms with Crippen molar-refractivity contribution in [2.24, 2.45) is 12.8 Å². The number of hydrogen-bond acceptors (Lipinski definition) is 5. The highest BCUT2D eigenvalue weighted by Gasteiger charge is 2.18. The molecule has 0 aliphatic heterocycles. The van der Waals surface area contributed by atoms with E-state index in [9.17, 15) is 9.18 Å². The Hall–Kier alpha value is -3.55. The molecule has 2 aromatic carbocycles. The first-order valence-electron chi connectivity index (χ1n) is 11.6. The summed E-state index contributed by atoms with van der Waals surface area (Å²) in [7, 11) is 1.69. The van der Waals surface area contributed by atoms with Crippen LogP contribution in [0.5, 0.6) is 0 Å². The van der Waals surface area contributed by atoms with Crippen molar-refractivity contribution in [3.05, 3.63) is 101 Å². The second kappa shape index (κ2) is 13.5. The van der Waals surface area contributed by atoms with Crippen molar-refractivity contribution in [2.45, 2.75) is 32.7 Å². The highest BCUT2D eigenvalue weighted by atomic mass is 35.5. The molecule has 2 aromatic heterocycles. The Kier molecular flexibility index (Phi) is 10.8. The zero-order chi connectivity index (χ0) is 25.4. The van der Waals surface area contributed by atoms with Crippen molar-refractivity contribution in [3.63, 3.8) is 0 Å². The van der Waals surface area contributed by atoms with E-state index in [4.69, 9.17) is 10.7 Å². The van der Waals surface area contributed by atoms with E-state index in [0.717, 1.165) is 5.56 Å². The van der Waals surface area contributed by atoms with Crippen molar-refractivity contribution in [1.29, 1.82) is 0 Å². The second-order valence-corrected chi connectivity index (χ2v) is 8.70. The molecule has 4 aromatic rings. The molecule has 190 valence electrons. The molecular weight excluding hydrogens is 477 g/mol. The average Bonchev–Trinajstić information content (AvgIpc) is 2.86. The van der Waals surface area contributed by atoms with Crippen LogP contribution in [0.15, 0.2) is 83.9 Å². The van der Waals surface area contributed by atoms with E-state index in [2.05, 4.69) is 29.4 Å². The Labute approximate surface area is 217 Å². The number of aromatic nitrogens is 3. The normalized spacial score (nSPS) is 11.2. The second-order valence-electron chi connectivity index (χ2n) is 8.70. The number of nitrogens with two attached hydrogens (primary N) is 1. The summed E-state index contributed by atoms with van der Waals surface area (Å²) in [5.74, 6) is 0.358. The van der Waals surface area contributed by atoms with Crippen LogP contribution in [0.3, 0.4) is 0 Å². The van der Waals surface area contributed by atoms with Crippen LogP contribution in [0.25, 0.3) is 22.4 Å². The minimum Gasteiger partial charge on any atom is -0.355 e. The average molecular weight is 510 g/mol. The summed E-state index contributed by atoms with van der Waals surface area (Å²) in [6.45, 7) is 6.63. The Balaban J connectivity index is 0.000000850. The van der Waals surface area contributed by atoms with E-state index in [1.54, 1.807) is 31.6 Å². The first-order chi connectivity index (χ1) is 16.8. The van der Waals surface area contributed by atoms with Gasteiger partial charge in [0.05, 0.1) is 11.3 Å². The quantitative estimate of drug-likeness (QED) is 0.351. The van der Waals surface area contributed by atoms with Crippen molar-refractivity contribution in [3.8, 4) is 22.4 Å². The van der Waals surface area contributed by atoms with Crippen LogP contribution in [-0.4, -0.2) is 27.1 Å². The number of pyridine rings is 1. The zero-order valence-corrected chi connectivity index (χ0v) is 21.8. The number of halogens is 2. The maximum absolute atomic E-state index is 13.5. The summed E-state index contributed by atoms with van der Waals surface area (Å²) in [5, 5.41) is 3.33. The lowest BCUT2D eigenvalue weighted by atomic mass is 10.0. The fourth-order valence-corrected chi connectivity index (χ4v) is 3.50. The molecule has 1 atom stereocenters. The Morgan fingerprint density at radius 2 is 1.53 bits per heavy atom. The van der Waals surface area contributed by atoms with Crippen molar-refractivity contribution in [1.82, 2.24) is 14.5 Å².